The summed E-state index contributed by atoms with van der Waals surface area (Å²) in [4.78, 5) is 0. The van der Waals surface area contributed by atoms with Crippen LogP contribution in [0, 0.1) is 0 Å². The van der Waals surface area contributed by atoms with Crippen LogP contribution in [-0.4, -0.2) is 46.8 Å². The molecule has 0 aliphatic heterocycles. The summed E-state index contributed by atoms with van der Waals surface area (Å²) in [5, 5.41) is 0.760. The molecule has 1 rings (SSSR count). The highest BCUT2D eigenvalue weighted by Gasteiger charge is 2.03. The van der Waals surface area contributed by atoms with E-state index in [4.69, 9.17) is 18.9 Å². The van der Waals surface area contributed by atoms with Gasteiger partial charge in [0, 0.05) is 22.5 Å². The summed E-state index contributed by atoms with van der Waals surface area (Å²) in [5.74, 6) is 0.880. The Balaban J connectivity index is 2.09. The van der Waals surface area contributed by atoms with Crippen LogP contribution in [0.3, 0.4) is 0 Å². The Morgan fingerprint density at radius 1 is 0.950 bits per heavy atom. The quantitative estimate of drug-likeness (QED) is 0.413. The molecule has 0 aromatic heterocycles. The molecule has 0 saturated carbocycles. The maximum atomic E-state index is 5.69. The SMILES string of the molecule is COCCOCCOCCOc1ccc(Br)cc1CBr. The molecule has 0 bridgehead atoms. The zero-order chi connectivity index (χ0) is 14.6. The summed E-state index contributed by atoms with van der Waals surface area (Å²) in [6.07, 6.45) is 0. The van der Waals surface area contributed by atoms with Crippen molar-refractivity contribution >= 4 is 31.9 Å². The summed E-state index contributed by atoms with van der Waals surface area (Å²) in [7, 11) is 1.65. The molecule has 1 aromatic rings. The van der Waals surface area contributed by atoms with Gasteiger partial charge in [-0.2, -0.15) is 0 Å². The lowest BCUT2D eigenvalue weighted by atomic mass is 10.2. The monoisotopic (exact) mass is 410 g/mol. The van der Waals surface area contributed by atoms with Crippen molar-refractivity contribution in [3.05, 3.63) is 28.2 Å². The van der Waals surface area contributed by atoms with E-state index < -0.39 is 0 Å². The van der Waals surface area contributed by atoms with Gasteiger partial charge in [-0.25, -0.2) is 0 Å². The molecule has 0 N–H and O–H groups in total. The topological polar surface area (TPSA) is 36.9 Å². The predicted molar refractivity (Wildman–Crippen MR) is 85.8 cm³/mol. The van der Waals surface area contributed by atoms with Crippen LogP contribution in [0.25, 0.3) is 0 Å². The summed E-state index contributed by atoms with van der Waals surface area (Å²) in [5.41, 5.74) is 1.11. The first-order chi connectivity index (χ1) is 9.77. The van der Waals surface area contributed by atoms with Gasteiger partial charge in [-0.05, 0) is 18.2 Å². The molecule has 0 heterocycles. The van der Waals surface area contributed by atoms with Crippen LogP contribution in [0.2, 0.25) is 0 Å². The second-order valence-corrected chi connectivity index (χ2v) is 5.43. The molecule has 0 fully saturated rings. The van der Waals surface area contributed by atoms with Crippen molar-refractivity contribution in [1.29, 1.82) is 0 Å². The summed E-state index contributed by atoms with van der Waals surface area (Å²) in [6, 6.07) is 5.95. The Kier molecular flexibility index (Phi) is 10.3. The number of halogens is 2. The molecular weight excluding hydrogens is 392 g/mol. The second-order valence-electron chi connectivity index (χ2n) is 3.95. The third kappa shape index (κ3) is 7.59. The molecule has 1 aromatic carbocycles. The smallest absolute Gasteiger partial charge is 0.123 e. The molecule has 0 atom stereocenters. The Morgan fingerprint density at radius 3 is 2.25 bits per heavy atom. The highest BCUT2D eigenvalue weighted by atomic mass is 79.9. The minimum absolute atomic E-state index is 0.527. The number of rotatable bonds is 11. The fraction of sp³-hybridized carbons (Fsp3) is 0.571. The summed E-state index contributed by atoms with van der Waals surface area (Å²) >= 11 is 6.89. The number of alkyl halides is 1. The van der Waals surface area contributed by atoms with Gasteiger partial charge in [0.15, 0.2) is 0 Å². The van der Waals surface area contributed by atoms with E-state index in [1.54, 1.807) is 7.11 Å². The summed E-state index contributed by atoms with van der Waals surface area (Å²) < 4.78 is 22.3. The highest BCUT2D eigenvalue weighted by molar-refractivity contribution is 9.10. The summed E-state index contributed by atoms with van der Waals surface area (Å²) in [6.45, 7) is 3.43. The van der Waals surface area contributed by atoms with Crippen molar-refractivity contribution in [2.45, 2.75) is 5.33 Å². The zero-order valence-corrected chi connectivity index (χ0v) is 14.7. The average molecular weight is 412 g/mol. The van der Waals surface area contributed by atoms with Gasteiger partial charge in [0.2, 0.25) is 0 Å². The van der Waals surface area contributed by atoms with Gasteiger partial charge >= 0.3 is 0 Å². The standard InChI is InChI=1S/C14H20Br2O4/c1-17-4-5-18-6-7-19-8-9-20-14-3-2-13(16)10-12(14)11-15/h2-3,10H,4-9,11H2,1H3. The number of hydrogen-bond donors (Lipinski definition) is 0. The van der Waals surface area contributed by atoms with Crippen molar-refractivity contribution in [3.63, 3.8) is 0 Å². The van der Waals surface area contributed by atoms with Crippen LogP contribution in [0.5, 0.6) is 5.75 Å². The Bertz CT molecular complexity index is 374. The van der Waals surface area contributed by atoms with Crippen LogP contribution in [0.15, 0.2) is 22.7 Å². The molecule has 6 heteroatoms. The molecule has 0 aliphatic rings. The van der Waals surface area contributed by atoms with E-state index in [1.807, 2.05) is 18.2 Å². The highest BCUT2D eigenvalue weighted by Crippen LogP contribution is 2.25. The lowest BCUT2D eigenvalue weighted by Crippen LogP contribution is -2.12. The molecular formula is C14H20Br2O4. The maximum Gasteiger partial charge on any atom is 0.123 e. The maximum absolute atomic E-state index is 5.69. The average Bonchev–Trinajstić information content (AvgIpc) is 2.46. The van der Waals surface area contributed by atoms with Gasteiger partial charge in [0.05, 0.1) is 33.0 Å². The van der Waals surface area contributed by atoms with Crippen molar-refractivity contribution in [1.82, 2.24) is 0 Å². The van der Waals surface area contributed by atoms with E-state index in [9.17, 15) is 0 Å². The van der Waals surface area contributed by atoms with Crippen LogP contribution in [-0.2, 0) is 19.5 Å². The molecule has 20 heavy (non-hydrogen) atoms. The van der Waals surface area contributed by atoms with E-state index in [0.717, 1.165) is 21.1 Å². The molecule has 0 unspecified atom stereocenters. The number of hydrogen-bond acceptors (Lipinski definition) is 4. The van der Waals surface area contributed by atoms with Gasteiger partial charge in [0.1, 0.15) is 12.4 Å². The number of benzene rings is 1. The molecule has 0 spiro atoms. The first-order valence-electron chi connectivity index (χ1n) is 6.39. The van der Waals surface area contributed by atoms with Gasteiger partial charge in [-0.3, -0.25) is 0 Å². The molecule has 4 nitrogen and oxygen atoms in total. The van der Waals surface area contributed by atoms with Gasteiger partial charge in [-0.15, -0.1) is 0 Å². The normalized spacial score (nSPS) is 10.8. The molecule has 0 amide bonds. The first-order valence-corrected chi connectivity index (χ1v) is 8.31. The molecule has 114 valence electrons. The first kappa shape index (κ1) is 17.9. The zero-order valence-electron chi connectivity index (χ0n) is 11.6. The molecule has 0 saturated heterocycles. The van der Waals surface area contributed by atoms with Crippen molar-refractivity contribution in [2.24, 2.45) is 0 Å². The second kappa shape index (κ2) is 11.5. The van der Waals surface area contributed by atoms with E-state index in [0.29, 0.717) is 39.6 Å². The van der Waals surface area contributed by atoms with Gasteiger partial charge in [0.25, 0.3) is 0 Å². The van der Waals surface area contributed by atoms with Crippen LogP contribution < -0.4 is 4.74 Å². The lowest BCUT2D eigenvalue weighted by molar-refractivity contribution is 0.0179. The van der Waals surface area contributed by atoms with E-state index in [1.165, 1.54) is 0 Å². The Morgan fingerprint density at radius 2 is 1.60 bits per heavy atom. The third-order valence-electron chi connectivity index (χ3n) is 2.46. The minimum Gasteiger partial charge on any atom is -0.491 e. The predicted octanol–water partition coefficient (Wildman–Crippen LogP) is 3.40. The van der Waals surface area contributed by atoms with Crippen molar-refractivity contribution < 1.29 is 18.9 Å². The lowest BCUT2D eigenvalue weighted by Gasteiger charge is -2.11. The Labute approximate surface area is 137 Å². The third-order valence-corrected chi connectivity index (χ3v) is 3.55. The number of ether oxygens (including phenoxy) is 4. The van der Waals surface area contributed by atoms with E-state index >= 15 is 0 Å². The van der Waals surface area contributed by atoms with Gasteiger partial charge in [-0.1, -0.05) is 31.9 Å². The molecule has 0 aliphatic carbocycles. The fourth-order valence-corrected chi connectivity index (χ4v) is 2.31. The van der Waals surface area contributed by atoms with E-state index in [-0.39, 0.29) is 0 Å². The van der Waals surface area contributed by atoms with Crippen LogP contribution >= 0.6 is 31.9 Å². The van der Waals surface area contributed by atoms with E-state index in [2.05, 4.69) is 31.9 Å². The molecule has 0 radical (unpaired) electrons. The largest absolute Gasteiger partial charge is 0.491 e. The van der Waals surface area contributed by atoms with Crippen LogP contribution in [0.4, 0.5) is 0 Å². The van der Waals surface area contributed by atoms with Crippen molar-refractivity contribution in [3.8, 4) is 5.75 Å². The van der Waals surface area contributed by atoms with Crippen LogP contribution in [0.1, 0.15) is 5.56 Å². The Hall–Kier alpha value is -0.140. The van der Waals surface area contributed by atoms with Crippen molar-refractivity contribution in [2.75, 3.05) is 46.8 Å². The van der Waals surface area contributed by atoms with Gasteiger partial charge < -0.3 is 18.9 Å². The number of methoxy groups -OCH3 is 1. The minimum atomic E-state index is 0.527. The fourth-order valence-electron chi connectivity index (χ4n) is 1.47.